The van der Waals surface area contributed by atoms with Gasteiger partial charge in [0.1, 0.15) is 36.6 Å². The Morgan fingerprint density at radius 3 is 0.522 bits per heavy atom. The van der Waals surface area contributed by atoms with E-state index in [1.165, 1.54) is 0 Å². The minimum Gasteiger partial charge on any atom is -0.790 e. The second-order valence-corrected chi connectivity index (χ2v) is 12.9. The van der Waals surface area contributed by atoms with Crippen LogP contribution in [0.1, 0.15) is 0 Å². The van der Waals surface area contributed by atoms with Crippen molar-refractivity contribution >= 4 is 46.9 Å². The molecular weight excluding hydrogens is 865 g/mol. The van der Waals surface area contributed by atoms with Gasteiger partial charge in [-0.25, -0.2) is 0 Å². The zero-order chi connectivity index (χ0) is 28.7. The fraction of sp³-hybridized carbons (Fsp3) is 1.00. The van der Waals surface area contributed by atoms with Crippen molar-refractivity contribution in [2.24, 2.45) is 0 Å². The van der Waals surface area contributed by atoms with Gasteiger partial charge in [0.2, 0.25) is 0 Å². The summed E-state index contributed by atoms with van der Waals surface area (Å²) in [6.45, 7) is 0. The maximum atomic E-state index is 11.2. The SMILES string of the molecule is O.O=P([O-])([O-])OC1C(OP(=O)([O-])[O-])C(OP(=O)([O-])O)C(OP(=O)([O-])O)C(OP(=O)([O-])O)C1OP(=O)([O-])[O-].[Na+].[Na+].[Na+].[Na+].[Na+].[Na+].[Na+].[Na+].[Na+]. The van der Waals surface area contributed by atoms with Gasteiger partial charge in [-0.2, -0.15) is 0 Å². The maximum absolute atomic E-state index is 11.2. The fourth-order valence-electron chi connectivity index (χ4n) is 2.75. The molecule has 0 aromatic heterocycles. The van der Waals surface area contributed by atoms with Gasteiger partial charge in [0, 0.05) is 0 Å². The third-order valence-electron chi connectivity index (χ3n) is 3.46. The number of hydrogen-bond donors (Lipinski definition) is 3. The van der Waals surface area contributed by atoms with E-state index >= 15 is 0 Å². The van der Waals surface area contributed by atoms with Crippen LogP contribution >= 0.6 is 46.9 Å². The third kappa shape index (κ3) is 36.7. The predicted octanol–water partition coefficient (Wildman–Crippen LogP) is -36.6. The van der Waals surface area contributed by atoms with Crippen LogP contribution in [0.3, 0.4) is 0 Å². The number of phosphoric acid groups is 6. The molecule has 0 aromatic rings. The maximum Gasteiger partial charge on any atom is 1.00 e. The summed E-state index contributed by atoms with van der Waals surface area (Å²) in [6, 6.07) is 0. The van der Waals surface area contributed by atoms with Gasteiger partial charge in [-0.1, -0.05) is 0 Å². The topological polar surface area (TPSA) is 458 Å². The summed E-state index contributed by atoms with van der Waals surface area (Å²) in [5.41, 5.74) is 0. The van der Waals surface area contributed by atoms with Gasteiger partial charge in [-0.05, 0) is 0 Å². The molecule has 0 aliphatic heterocycles. The summed E-state index contributed by atoms with van der Waals surface area (Å²) in [5, 5.41) is 0. The van der Waals surface area contributed by atoms with Crippen LogP contribution in [0.4, 0.5) is 0 Å². The molecule has 1 aliphatic carbocycles. The van der Waals surface area contributed by atoms with Gasteiger partial charge in [0.05, 0.1) is 23.5 Å². The first-order valence-electron chi connectivity index (χ1n) is 7.85. The van der Waals surface area contributed by atoms with Gasteiger partial charge in [0.25, 0.3) is 23.5 Å². The molecule has 224 valence electrons. The summed E-state index contributed by atoms with van der Waals surface area (Å²) in [7, 11) is -39.1. The molecule has 1 rings (SSSR count). The van der Waals surface area contributed by atoms with E-state index in [1.54, 1.807) is 0 Å². The molecule has 1 saturated carbocycles. The van der Waals surface area contributed by atoms with Crippen molar-refractivity contribution in [2.45, 2.75) is 36.6 Å². The Hall–Kier alpha value is 9.62. The Morgan fingerprint density at radius 1 is 0.326 bits per heavy atom. The zero-order valence-electron chi connectivity index (χ0n) is 25.6. The summed E-state index contributed by atoms with van der Waals surface area (Å²) < 4.78 is 89.5. The van der Waals surface area contributed by atoms with Crippen LogP contribution in [-0.4, -0.2) is 56.8 Å². The van der Waals surface area contributed by atoms with Crippen molar-refractivity contribution < 1.29 is 385 Å². The summed E-state index contributed by atoms with van der Waals surface area (Å²) in [5.74, 6) is 0. The van der Waals surface area contributed by atoms with Crippen molar-refractivity contribution in [1.29, 1.82) is 0 Å². The van der Waals surface area contributed by atoms with Crippen LogP contribution < -0.4 is 310 Å². The van der Waals surface area contributed by atoms with Gasteiger partial charge >= 0.3 is 266 Å². The van der Waals surface area contributed by atoms with Crippen LogP contribution in [0.5, 0.6) is 0 Å². The molecule has 0 amide bonds. The zero-order valence-corrected chi connectivity index (χ0v) is 48.9. The van der Waals surface area contributed by atoms with Crippen LogP contribution in [0, 0.1) is 0 Å². The van der Waals surface area contributed by atoms with Crippen LogP contribution in [0.2, 0.25) is 0 Å². The molecule has 5 N–H and O–H groups in total. The monoisotopic (exact) mass is 876 g/mol. The number of rotatable bonds is 12. The van der Waals surface area contributed by atoms with E-state index in [9.17, 15) is 71.4 Å². The predicted molar refractivity (Wildman–Crippen MR) is 85.1 cm³/mol. The molecule has 46 heavy (non-hydrogen) atoms. The molecule has 7 unspecified atom stereocenters. The smallest absolute Gasteiger partial charge is 0.790 e. The average Bonchev–Trinajstić information content (AvgIpc) is 2.51. The molecule has 1 fully saturated rings. The second kappa shape index (κ2) is 32.4. The van der Waals surface area contributed by atoms with Crippen molar-refractivity contribution in [3.8, 4) is 0 Å². The van der Waals surface area contributed by atoms with Crippen molar-refractivity contribution in [2.75, 3.05) is 0 Å². The number of hydrogen-bond acceptors (Lipinski definition) is 21. The van der Waals surface area contributed by atoms with Crippen molar-refractivity contribution in [1.82, 2.24) is 0 Å². The van der Waals surface area contributed by atoms with E-state index in [4.69, 9.17) is 14.7 Å². The summed E-state index contributed by atoms with van der Waals surface area (Å²) in [6.07, 6.45) is -20.8. The van der Waals surface area contributed by atoms with Crippen molar-refractivity contribution in [3.05, 3.63) is 0 Å². The van der Waals surface area contributed by atoms with Gasteiger partial charge in [-0.3, -0.25) is 13.7 Å². The van der Waals surface area contributed by atoms with E-state index in [0.717, 1.165) is 0 Å². The van der Waals surface area contributed by atoms with E-state index in [1.807, 2.05) is 0 Å². The molecule has 0 radical (unpaired) electrons. The largest absolute Gasteiger partial charge is 1.00 e. The molecule has 40 heteroatoms. The minimum absolute atomic E-state index is 0. The molecule has 0 saturated heterocycles. The first-order chi connectivity index (χ1) is 15.6. The fourth-order valence-corrected chi connectivity index (χ4v) is 6.01. The van der Waals surface area contributed by atoms with E-state index < -0.39 is 83.6 Å². The molecule has 0 aromatic carbocycles. The molecule has 7 atom stereocenters. The van der Waals surface area contributed by atoms with Gasteiger partial charge in [-0.15, -0.1) is 0 Å². The Kier molecular flexibility index (Phi) is 56.2. The quantitative estimate of drug-likeness (QED) is 0.121. The molecule has 0 bridgehead atoms. The molecule has 0 heterocycles. The Labute approximate surface area is 458 Å². The van der Waals surface area contributed by atoms with Gasteiger partial charge in [0.15, 0.2) is 0 Å². The van der Waals surface area contributed by atoms with Crippen LogP contribution in [0.25, 0.3) is 0 Å². The summed E-state index contributed by atoms with van der Waals surface area (Å²) in [4.78, 5) is 127. The standard InChI is InChI=1S/C6H18O24P6.9Na.H2O/c7-31(8,9)25-1-2(26-32(10,11)12)4(28-34(16,17)18)6(30-36(22,23)24)5(29-35(19,20)21)3(1)27-33(13,14)15;;;;;;;;;;/h1-6H,(H2,7,8,9)(H2,10,11,12)(H2,13,14,15)(H2,16,17,18)(H2,19,20,21)(H2,22,23,24);;;;;;;;;;1H2/q;9*+1;/p-9. The molecule has 0 spiro atoms. The molecular formula is C6H11Na9O25P6. The third-order valence-corrected chi connectivity index (χ3v) is 6.49. The van der Waals surface area contributed by atoms with Gasteiger partial charge < -0.3 is 105 Å². The summed E-state index contributed by atoms with van der Waals surface area (Å²) >= 11 is 0. The average molecular weight is 876 g/mol. The Bertz CT molecular complexity index is 851. The van der Waals surface area contributed by atoms with E-state index in [-0.39, 0.29) is 271 Å². The molecule has 25 nitrogen and oxygen atoms in total. The minimum atomic E-state index is -6.64. The Morgan fingerprint density at radius 2 is 0.435 bits per heavy atom. The second-order valence-electron chi connectivity index (χ2n) is 6.17. The van der Waals surface area contributed by atoms with Crippen LogP contribution in [-0.2, 0) is 54.5 Å². The van der Waals surface area contributed by atoms with Crippen LogP contribution in [0.15, 0.2) is 0 Å². The normalized spacial score (nSPS) is 26.1. The Balaban J connectivity index is -0.000000162. The first-order valence-corrected chi connectivity index (χ1v) is 16.7. The van der Waals surface area contributed by atoms with Crippen molar-refractivity contribution in [3.63, 3.8) is 0 Å². The number of phosphoric ester groups is 6. The molecule has 1 aliphatic rings. The van der Waals surface area contributed by atoms with E-state index in [0.29, 0.717) is 0 Å². The van der Waals surface area contributed by atoms with E-state index in [2.05, 4.69) is 27.1 Å². The first kappa shape index (κ1) is 79.7.